The van der Waals surface area contributed by atoms with E-state index >= 15 is 0 Å². The third-order valence-electron chi connectivity index (χ3n) is 2.78. The number of thiocarbonyl (C=S) groups is 1. The van der Waals surface area contributed by atoms with Crippen molar-refractivity contribution < 1.29 is 14.3 Å². The number of rotatable bonds is 4. The van der Waals surface area contributed by atoms with Gasteiger partial charge in [0, 0.05) is 10.0 Å². The summed E-state index contributed by atoms with van der Waals surface area (Å²) in [5.41, 5.74) is 0.654. The molecule has 1 aliphatic rings. The Morgan fingerprint density at radius 2 is 2.13 bits per heavy atom. The molecule has 1 aliphatic heterocycles. The van der Waals surface area contributed by atoms with Gasteiger partial charge in [-0.25, -0.2) is 0 Å². The van der Waals surface area contributed by atoms with Gasteiger partial charge in [0.1, 0.15) is 10.9 Å². The van der Waals surface area contributed by atoms with Gasteiger partial charge in [-0.2, -0.15) is 0 Å². The zero-order valence-electron chi connectivity index (χ0n) is 12.3. The minimum absolute atomic E-state index is 0.200. The van der Waals surface area contributed by atoms with Gasteiger partial charge in [-0.3, -0.25) is 14.5 Å². The topological polar surface area (TPSA) is 46.6 Å². The first kappa shape index (κ1) is 18.3. The smallest absolute Gasteiger partial charge is 0.326 e. The molecule has 122 valence electrons. The largest absolute Gasteiger partial charge is 0.462 e. The highest BCUT2D eigenvalue weighted by atomic mass is 35.5. The third-order valence-corrected chi connectivity index (χ3v) is 4.72. The highest BCUT2D eigenvalue weighted by Crippen LogP contribution is 2.34. The fraction of sp³-hybridized carbons (Fsp3) is 0.267. The fourth-order valence-electron chi connectivity index (χ4n) is 1.83. The van der Waals surface area contributed by atoms with Gasteiger partial charge in [0.05, 0.1) is 11.0 Å². The second kappa shape index (κ2) is 7.66. The van der Waals surface area contributed by atoms with Gasteiger partial charge in [0.2, 0.25) is 0 Å². The Kier molecular flexibility index (Phi) is 6.08. The van der Waals surface area contributed by atoms with Gasteiger partial charge in [0.25, 0.3) is 5.91 Å². The summed E-state index contributed by atoms with van der Waals surface area (Å²) in [6, 6.07) is 4.99. The number of thioether (sulfide) groups is 1. The normalized spacial score (nSPS) is 16.6. The van der Waals surface area contributed by atoms with E-state index in [1.54, 1.807) is 38.1 Å². The highest BCUT2D eigenvalue weighted by molar-refractivity contribution is 8.26. The van der Waals surface area contributed by atoms with E-state index in [-0.39, 0.29) is 18.6 Å². The van der Waals surface area contributed by atoms with E-state index in [0.29, 0.717) is 24.8 Å². The molecule has 0 aromatic heterocycles. The molecule has 0 radical (unpaired) electrons. The van der Waals surface area contributed by atoms with E-state index in [1.165, 1.54) is 4.90 Å². The van der Waals surface area contributed by atoms with Crippen LogP contribution in [0.25, 0.3) is 6.08 Å². The molecule has 0 aliphatic carbocycles. The predicted octanol–water partition coefficient (Wildman–Crippen LogP) is 4.15. The standard InChI is InChI=1S/C15H13Cl2NO3S2/c1-8(2)21-13(19)7-18-14(20)12(23-15(18)22)5-9-3-4-10(16)6-11(9)17/h3-6,8H,7H2,1-2H3. The summed E-state index contributed by atoms with van der Waals surface area (Å²) in [7, 11) is 0. The average Bonchev–Trinajstić information content (AvgIpc) is 2.69. The fourth-order valence-corrected chi connectivity index (χ4v) is 3.53. The quantitative estimate of drug-likeness (QED) is 0.439. The number of ether oxygens (including phenoxy) is 1. The number of benzene rings is 1. The first-order chi connectivity index (χ1) is 10.8. The van der Waals surface area contributed by atoms with E-state index in [0.717, 1.165) is 11.8 Å². The van der Waals surface area contributed by atoms with E-state index in [1.807, 2.05) is 0 Å². The van der Waals surface area contributed by atoms with E-state index in [9.17, 15) is 9.59 Å². The van der Waals surface area contributed by atoms with Crippen molar-refractivity contribution in [2.24, 2.45) is 0 Å². The molecule has 0 unspecified atom stereocenters. The number of halogens is 2. The number of amides is 1. The van der Waals surface area contributed by atoms with Gasteiger partial charge in [-0.05, 0) is 37.6 Å². The second-order valence-electron chi connectivity index (χ2n) is 4.97. The molecular weight excluding hydrogens is 377 g/mol. The van der Waals surface area contributed by atoms with Crippen LogP contribution in [0.1, 0.15) is 19.4 Å². The van der Waals surface area contributed by atoms with Crippen LogP contribution in [0.4, 0.5) is 0 Å². The summed E-state index contributed by atoms with van der Waals surface area (Å²) in [5, 5.41) is 0.943. The molecule has 4 nitrogen and oxygen atoms in total. The lowest BCUT2D eigenvalue weighted by molar-refractivity contribution is -0.149. The lowest BCUT2D eigenvalue weighted by Crippen LogP contribution is -2.35. The van der Waals surface area contributed by atoms with Gasteiger partial charge in [-0.15, -0.1) is 0 Å². The zero-order valence-corrected chi connectivity index (χ0v) is 15.5. The maximum absolute atomic E-state index is 12.4. The van der Waals surface area contributed by atoms with Crippen LogP contribution in [-0.2, 0) is 14.3 Å². The Morgan fingerprint density at radius 3 is 2.74 bits per heavy atom. The molecule has 0 saturated carbocycles. The van der Waals surface area contributed by atoms with Crippen LogP contribution in [0.2, 0.25) is 10.0 Å². The Balaban J connectivity index is 2.17. The number of hydrogen-bond donors (Lipinski definition) is 0. The van der Waals surface area contributed by atoms with Gasteiger partial charge < -0.3 is 4.74 Å². The lowest BCUT2D eigenvalue weighted by Gasteiger charge is -2.14. The van der Waals surface area contributed by atoms with Crippen LogP contribution < -0.4 is 0 Å². The van der Waals surface area contributed by atoms with Crippen molar-refractivity contribution in [3.63, 3.8) is 0 Å². The van der Waals surface area contributed by atoms with Crippen LogP contribution >= 0.6 is 47.2 Å². The maximum atomic E-state index is 12.4. The van der Waals surface area contributed by atoms with E-state index < -0.39 is 5.97 Å². The molecule has 0 atom stereocenters. The van der Waals surface area contributed by atoms with Crippen molar-refractivity contribution in [2.45, 2.75) is 20.0 Å². The molecular formula is C15H13Cl2NO3S2. The Hall–Kier alpha value is -1.08. The zero-order chi connectivity index (χ0) is 17.1. The number of esters is 1. The predicted molar refractivity (Wildman–Crippen MR) is 97.6 cm³/mol. The van der Waals surface area contributed by atoms with Gasteiger partial charge >= 0.3 is 5.97 Å². The van der Waals surface area contributed by atoms with Crippen molar-refractivity contribution in [1.82, 2.24) is 4.90 Å². The van der Waals surface area contributed by atoms with Gasteiger partial charge in [-0.1, -0.05) is 53.2 Å². The molecule has 23 heavy (non-hydrogen) atoms. The van der Waals surface area contributed by atoms with Crippen molar-refractivity contribution in [3.8, 4) is 0 Å². The minimum atomic E-state index is -0.498. The van der Waals surface area contributed by atoms with Crippen molar-refractivity contribution in [3.05, 3.63) is 38.7 Å². The molecule has 1 heterocycles. The van der Waals surface area contributed by atoms with Crippen LogP contribution in [-0.4, -0.2) is 33.7 Å². The summed E-state index contributed by atoms with van der Waals surface area (Å²) in [5.74, 6) is -0.839. The summed E-state index contributed by atoms with van der Waals surface area (Å²) < 4.78 is 5.35. The highest BCUT2D eigenvalue weighted by Gasteiger charge is 2.34. The van der Waals surface area contributed by atoms with Crippen LogP contribution in [0.3, 0.4) is 0 Å². The molecule has 1 aromatic carbocycles. The molecule has 1 saturated heterocycles. The summed E-state index contributed by atoms with van der Waals surface area (Å²) in [6.45, 7) is 3.28. The number of hydrogen-bond acceptors (Lipinski definition) is 5. The minimum Gasteiger partial charge on any atom is -0.462 e. The number of carbonyl (C=O) groups is 2. The summed E-state index contributed by atoms with van der Waals surface area (Å²) >= 11 is 18.2. The Morgan fingerprint density at radius 1 is 1.43 bits per heavy atom. The molecule has 0 bridgehead atoms. The number of nitrogens with zero attached hydrogens (tertiary/aromatic N) is 1. The molecule has 0 spiro atoms. The number of carbonyl (C=O) groups excluding carboxylic acids is 2. The third kappa shape index (κ3) is 4.70. The van der Waals surface area contributed by atoms with Crippen LogP contribution in [0.5, 0.6) is 0 Å². The first-order valence-corrected chi connectivity index (χ1v) is 8.66. The van der Waals surface area contributed by atoms with Crippen LogP contribution in [0, 0.1) is 0 Å². The maximum Gasteiger partial charge on any atom is 0.326 e. The summed E-state index contributed by atoms with van der Waals surface area (Å²) in [4.78, 5) is 25.7. The lowest BCUT2D eigenvalue weighted by atomic mass is 10.2. The second-order valence-corrected chi connectivity index (χ2v) is 7.49. The van der Waals surface area contributed by atoms with E-state index in [4.69, 9.17) is 40.2 Å². The van der Waals surface area contributed by atoms with E-state index in [2.05, 4.69) is 0 Å². The molecule has 8 heteroatoms. The van der Waals surface area contributed by atoms with Gasteiger partial charge in [0.15, 0.2) is 0 Å². The van der Waals surface area contributed by atoms with Crippen LogP contribution in [0.15, 0.2) is 23.1 Å². The Labute approximate surface area is 153 Å². The summed E-state index contributed by atoms with van der Waals surface area (Å²) in [6.07, 6.45) is 1.38. The van der Waals surface area contributed by atoms with Crippen molar-refractivity contribution in [1.29, 1.82) is 0 Å². The Bertz CT molecular complexity index is 704. The van der Waals surface area contributed by atoms with Crippen molar-refractivity contribution in [2.75, 3.05) is 6.54 Å². The van der Waals surface area contributed by atoms with Crippen molar-refractivity contribution >= 4 is 69.5 Å². The molecule has 1 aromatic rings. The molecule has 1 fully saturated rings. The first-order valence-electron chi connectivity index (χ1n) is 6.68. The molecule has 2 rings (SSSR count). The molecule has 1 amide bonds. The SMILES string of the molecule is CC(C)OC(=O)CN1C(=O)C(=Cc2ccc(Cl)cc2Cl)SC1=S. The average molecular weight is 390 g/mol. The molecule has 0 N–H and O–H groups in total. The monoisotopic (exact) mass is 389 g/mol.